The Morgan fingerprint density at radius 3 is 1.97 bits per heavy atom. The Kier molecular flexibility index (Phi) is 22.8. The van der Waals surface area contributed by atoms with Gasteiger partial charge in [-0.3, -0.25) is 4.79 Å². The van der Waals surface area contributed by atoms with Crippen LogP contribution in [0.4, 0.5) is 0 Å². The summed E-state index contributed by atoms with van der Waals surface area (Å²) in [5.74, 6) is -0.00736. The Labute approximate surface area is 182 Å². The second kappa shape index (κ2) is 23.4. The zero-order valence-corrected chi connectivity index (χ0v) is 20.0. The molecule has 0 amide bonds. The van der Waals surface area contributed by atoms with Gasteiger partial charge in [-0.25, -0.2) is 0 Å². The van der Waals surface area contributed by atoms with E-state index in [-0.39, 0.29) is 12.1 Å². The van der Waals surface area contributed by atoms with Gasteiger partial charge in [0.2, 0.25) is 0 Å². The van der Waals surface area contributed by atoms with E-state index in [9.17, 15) is 4.79 Å². The molecule has 0 bridgehead atoms. The van der Waals surface area contributed by atoms with Crippen LogP contribution in [0.15, 0.2) is 12.2 Å². The fourth-order valence-corrected chi connectivity index (χ4v) is 3.69. The first-order valence-corrected chi connectivity index (χ1v) is 12.7. The number of rotatable bonds is 22. The lowest BCUT2D eigenvalue weighted by Gasteiger charge is -2.18. The largest absolute Gasteiger partial charge is 0.462 e. The number of esters is 1. The van der Waals surface area contributed by atoms with Crippen molar-refractivity contribution < 1.29 is 9.53 Å². The Morgan fingerprint density at radius 1 is 0.793 bits per heavy atom. The lowest BCUT2D eigenvalue weighted by molar-refractivity contribution is -0.150. The maximum atomic E-state index is 12.1. The molecule has 0 aliphatic rings. The van der Waals surface area contributed by atoms with Crippen LogP contribution in [0.3, 0.4) is 0 Å². The molecule has 0 rings (SSSR count). The summed E-state index contributed by atoms with van der Waals surface area (Å²) in [6.07, 6.45) is 26.2. The highest BCUT2D eigenvalue weighted by molar-refractivity contribution is 5.69. The molecule has 0 aliphatic carbocycles. The van der Waals surface area contributed by atoms with Gasteiger partial charge in [0.05, 0.1) is 0 Å². The number of ether oxygens (including phenoxy) is 1. The summed E-state index contributed by atoms with van der Waals surface area (Å²) in [6, 6.07) is 0. The molecule has 172 valence electrons. The van der Waals surface area contributed by atoms with Gasteiger partial charge in [0.1, 0.15) is 6.10 Å². The van der Waals surface area contributed by atoms with E-state index in [4.69, 9.17) is 4.74 Å². The highest BCUT2D eigenvalue weighted by Crippen LogP contribution is 2.17. The number of carbonyl (C=O) groups is 1. The summed E-state index contributed by atoms with van der Waals surface area (Å²) in [5.41, 5.74) is 0. The molecule has 29 heavy (non-hydrogen) atoms. The number of hydrogen-bond donors (Lipinski definition) is 1. The Bertz CT molecular complexity index is 368. The van der Waals surface area contributed by atoms with Crippen molar-refractivity contribution in [3.05, 3.63) is 12.2 Å². The summed E-state index contributed by atoms with van der Waals surface area (Å²) in [6.45, 7) is 5.33. The summed E-state index contributed by atoms with van der Waals surface area (Å²) >= 11 is 0. The zero-order valence-electron chi connectivity index (χ0n) is 20.0. The third kappa shape index (κ3) is 21.7. The van der Waals surface area contributed by atoms with E-state index in [0.717, 1.165) is 32.2 Å². The topological polar surface area (TPSA) is 38.3 Å². The Hall–Kier alpha value is -0.830. The molecule has 0 radical (unpaired) electrons. The average molecular weight is 410 g/mol. The maximum Gasteiger partial charge on any atom is 0.306 e. The van der Waals surface area contributed by atoms with E-state index in [2.05, 4.69) is 31.3 Å². The van der Waals surface area contributed by atoms with Crippen molar-refractivity contribution >= 4 is 5.97 Å². The van der Waals surface area contributed by atoms with Gasteiger partial charge >= 0.3 is 5.97 Å². The third-order valence-electron chi connectivity index (χ3n) is 5.53. The van der Waals surface area contributed by atoms with Crippen LogP contribution >= 0.6 is 0 Å². The monoisotopic (exact) mass is 409 g/mol. The minimum atomic E-state index is -0.00736. The quantitative estimate of drug-likeness (QED) is 0.113. The lowest BCUT2D eigenvalue weighted by Crippen LogP contribution is -2.19. The Morgan fingerprint density at radius 2 is 1.38 bits per heavy atom. The SMILES string of the molecule is CC/C=C/CCCCCC(CCCCCCCCCCC)OC(=O)CCCNC. The number of unbranched alkanes of at least 4 members (excludes halogenated alkanes) is 11. The van der Waals surface area contributed by atoms with Crippen molar-refractivity contribution in [1.82, 2.24) is 5.32 Å². The zero-order chi connectivity index (χ0) is 21.4. The van der Waals surface area contributed by atoms with Gasteiger partial charge in [0.25, 0.3) is 0 Å². The van der Waals surface area contributed by atoms with Gasteiger partial charge in [-0.2, -0.15) is 0 Å². The van der Waals surface area contributed by atoms with Crippen molar-refractivity contribution in [1.29, 1.82) is 0 Å². The molecule has 1 atom stereocenters. The molecule has 0 saturated carbocycles. The lowest BCUT2D eigenvalue weighted by atomic mass is 10.0. The van der Waals surface area contributed by atoms with Crippen LogP contribution < -0.4 is 5.32 Å². The molecule has 3 heteroatoms. The standard InChI is InChI=1S/C26H51NO2/c1-4-6-8-10-12-13-15-17-19-22-25(29-26(28)23-20-24-27-3)21-18-16-14-11-9-7-5-2/h7,9,25,27H,4-6,8,10-24H2,1-3H3/b9-7+. The van der Waals surface area contributed by atoms with Crippen molar-refractivity contribution in [3.63, 3.8) is 0 Å². The molecular weight excluding hydrogens is 358 g/mol. The molecule has 1 unspecified atom stereocenters. The molecule has 0 aliphatic heterocycles. The second-order valence-corrected chi connectivity index (χ2v) is 8.45. The van der Waals surface area contributed by atoms with Gasteiger partial charge in [0.15, 0.2) is 0 Å². The first-order valence-electron chi connectivity index (χ1n) is 12.7. The summed E-state index contributed by atoms with van der Waals surface area (Å²) in [5, 5.41) is 3.10. The molecule has 0 heterocycles. The molecule has 0 spiro atoms. The molecule has 1 N–H and O–H groups in total. The summed E-state index contributed by atoms with van der Waals surface area (Å²) in [7, 11) is 1.92. The van der Waals surface area contributed by atoms with Crippen LogP contribution in [0.5, 0.6) is 0 Å². The van der Waals surface area contributed by atoms with E-state index in [1.807, 2.05) is 7.05 Å². The van der Waals surface area contributed by atoms with Crippen molar-refractivity contribution in [2.75, 3.05) is 13.6 Å². The predicted octanol–water partition coefficient (Wildman–Crippen LogP) is 7.74. The van der Waals surface area contributed by atoms with Crippen molar-refractivity contribution in [2.45, 2.75) is 136 Å². The van der Waals surface area contributed by atoms with Crippen LogP contribution in [-0.2, 0) is 9.53 Å². The first-order chi connectivity index (χ1) is 14.2. The van der Waals surface area contributed by atoms with E-state index in [1.54, 1.807) is 0 Å². The number of carbonyl (C=O) groups excluding carboxylic acids is 1. The fourth-order valence-electron chi connectivity index (χ4n) is 3.69. The molecule has 0 aromatic carbocycles. The average Bonchev–Trinajstić information content (AvgIpc) is 2.71. The molecule has 0 saturated heterocycles. The fraction of sp³-hybridized carbons (Fsp3) is 0.885. The van der Waals surface area contributed by atoms with E-state index in [0.29, 0.717) is 6.42 Å². The van der Waals surface area contributed by atoms with Crippen LogP contribution in [0.2, 0.25) is 0 Å². The van der Waals surface area contributed by atoms with Crippen LogP contribution in [-0.4, -0.2) is 25.7 Å². The van der Waals surface area contributed by atoms with Gasteiger partial charge < -0.3 is 10.1 Å². The molecular formula is C26H51NO2. The van der Waals surface area contributed by atoms with E-state index >= 15 is 0 Å². The van der Waals surface area contributed by atoms with Gasteiger partial charge in [-0.05, 0) is 65.0 Å². The summed E-state index contributed by atoms with van der Waals surface area (Å²) < 4.78 is 5.83. The van der Waals surface area contributed by atoms with E-state index < -0.39 is 0 Å². The van der Waals surface area contributed by atoms with Gasteiger partial charge in [-0.15, -0.1) is 0 Å². The van der Waals surface area contributed by atoms with Gasteiger partial charge in [0, 0.05) is 6.42 Å². The number of hydrogen-bond acceptors (Lipinski definition) is 3. The number of allylic oxidation sites excluding steroid dienone is 2. The molecule has 0 fully saturated rings. The predicted molar refractivity (Wildman–Crippen MR) is 127 cm³/mol. The molecule has 3 nitrogen and oxygen atoms in total. The first kappa shape index (κ1) is 28.2. The van der Waals surface area contributed by atoms with Crippen LogP contribution in [0.25, 0.3) is 0 Å². The van der Waals surface area contributed by atoms with Crippen LogP contribution in [0, 0.1) is 0 Å². The third-order valence-corrected chi connectivity index (χ3v) is 5.53. The summed E-state index contributed by atoms with van der Waals surface area (Å²) in [4.78, 5) is 12.1. The molecule has 0 aromatic rings. The Balaban J connectivity index is 3.98. The van der Waals surface area contributed by atoms with E-state index in [1.165, 1.54) is 83.5 Å². The number of nitrogens with one attached hydrogen (secondary N) is 1. The minimum Gasteiger partial charge on any atom is -0.462 e. The molecule has 0 aromatic heterocycles. The highest BCUT2D eigenvalue weighted by atomic mass is 16.5. The van der Waals surface area contributed by atoms with Crippen LogP contribution in [0.1, 0.15) is 129 Å². The highest BCUT2D eigenvalue weighted by Gasteiger charge is 2.14. The normalized spacial score (nSPS) is 12.5. The van der Waals surface area contributed by atoms with Gasteiger partial charge in [-0.1, -0.05) is 83.8 Å². The van der Waals surface area contributed by atoms with Crippen molar-refractivity contribution in [3.8, 4) is 0 Å². The second-order valence-electron chi connectivity index (χ2n) is 8.45. The van der Waals surface area contributed by atoms with Crippen molar-refractivity contribution in [2.24, 2.45) is 0 Å². The maximum absolute atomic E-state index is 12.1. The smallest absolute Gasteiger partial charge is 0.306 e. The minimum absolute atomic E-state index is 0.00736.